The molecule has 0 amide bonds. The third kappa shape index (κ3) is 6.71. The summed E-state index contributed by atoms with van der Waals surface area (Å²) in [4.78, 5) is 10.1. The molecule has 6 heteroatoms. The first-order valence-corrected chi connectivity index (χ1v) is 12.8. The molecule has 1 aromatic heterocycles. The summed E-state index contributed by atoms with van der Waals surface area (Å²) in [6, 6.07) is 15.7. The Morgan fingerprint density at radius 3 is 2.65 bits per heavy atom. The van der Waals surface area contributed by atoms with E-state index in [2.05, 4.69) is 75.2 Å². The van der Waals surface area contributed by atoms with Crippen molar-refractivity contribution in [2.24, 2.45) is 10.9 Å². The maximum Gasteiger partial charge on any atom is 0.191 e. The van der Waals surface area contributed by atoms with Gasteiger partial charge in [-0.1, -0.05) is 30.3 Å². The molecule has 0 radical (unpaired) electrons. The lowest BCUT2D eigenvalue weighted by Crippen LogP contribution is -2.48. The molecule has 2 fully saturated rings. The number of hydrogen-bond acceptors (Lipinski definition) is 4. The number of thiophene rings is 1. The monoisotopic (exact) mass is 439 g/mol. The Bertz CT molecular complexity index is 784. The molecule has 3 heterocycles. The zero-order valence-electron chi connectivity index (χ0n) is 18.8. The van der Waals surface area contributed by atoms with Crippen molar-refractivity contribution in [2.75, 3.05) is 50.7 Å². The summed E-state index contributed by atoms with van der Waals surface area (Å²) in [5.74, 6) is 1.67. The molecule has 2 saturated heterocycles. The van der Waals surface area contributed by atoms with Crippen LogP contribution in [0.5, 0.6) is 0 Å². The number of aliphatic imine (C=N–C) groups is 1. The van der Waals surface area contributed by atoms with E-state index in [4.69, 9.17) is 4.99 Å². The van der Waals surface area contributed by atoms with Crippen LogP contribution in [0.3, 0.4) is 0 Å². The van der Waals surface area contributed by atoms with Gasteiger partial charge in [0.2, 0.25) is 0 Å². The van der Waals surface area contributed by atoms with Gasteiger partial charge in [0.15, 0.2) is 5.96 Å². The molecule has 31 heavy (non-hydrogen) atoms. The molecule has 1 atom stereocenters. The minimum absolute atomic E-state index is 0.514. The first-order valence-electron chi connectivity index (χ1n) is 11.9. The van der Waals surface area contributed by atoms with E-state index in [1.807, 2.05) is 11.3 Å². The molecule has 2 aliphatic rings. The number of anilines is 1. The van der Waals surface area contributed by atoms with Gasteiger partial charge >= 0.3 is 0 Å². The average molecular weight is 440 g/mol. The van der Waals surface area contributed by atoms with Gasteiger partial charge in [-0.05, 0) is 68.1 Å². The van der Waals surface area contributed by atoms with Crippen molar-refractivity contribution in [3.05, 3.63) is 53.4 Å². The molecule has 2 N–H and O–H groups in total. The zero-order chi connectivity index (χ0) is 21.3. The second-order valence-electron chi connectivity index (χ2n) is 8.77. The fourth-order valence-electron chi connectivity index (χ4n) is 4.62. The molecule has 168 valence electrons. The predicted octanol–water partition coefficient (Wildman–Crippen LogP) is 3.84. The summed E-state index contributed by atoms with van der Waals surface area (Å²) >= 11 is 1.84. The van der Waals surface area contributed by atoms with Crippen molar-refractivity contribution in [1.82, 2.24) is 15.5 Å². The molecule has 4 rings (SSSR count). The molecule has 5 nitrogen and oxygen atoms in total. The van der Waals surface area contributed by atoms with E-state index in [9.17, 15) is 0 Å². The standard InChI is InChI=1S/C25H37N5S/c1-2-26-25(28-23-12-16-30(17-13-23)24-9-6-18-31-24)27-19-22-11-15-29(20-22)14-10-21-7-4-3-5-8-21/h3-9,18,22-23H,2,10-17,19-20H2,1H3,(H2,26,27,28). The van der Waals surface area contributed by atoms with E-state index in [0.29, 0.717) is 12.0 Å². The second-order valence-corrected chi connectivity index (χ2v) is 9.69. The summed E-state index contributed by atoms with van der Waals surface area (Å²) in [5, 5.41) is 10.7. The number of nitrogens with one attached hydrogen (secondary N) is 2. The van der Waals surface area contributed by atoms with Crippen molar-refractivity contribution in [1.29, 1.82) is 0 Å². The van der Waals surface area contributed by atoms with Gasteiger partial charge in [0, 0.05) is 45.3 Å². The van der Waals surface area contributed by atoms with Gasteiger partial charge in [-0.2, -0.15) is 0 Å². The summed E-state index contributed by atoms with van der Waals surface area (Å²) in [7, 11) is 0. The molecule has 2 aliphatic heterocycles. The molecule has 1 aromatic carbocycles. The largest absolute Gasteiger partial charge is 0.363 e. The number of rotatable bonds is 8. The van der Waals surface area contributed by atoms with Gasteiger partial charge < -0.3 is 20.4 Å². The molecular weight excluding hydrogens is 402 g/mol. The fraction of sp³-hybridized carbons (Fsp3) is 0.560. The molecular formula is C25H37N5S. The highest BCUT2D eigenvalue weighted by atomic mass is 32.1. The summed E-state index contributed by atoms with van der Waals surface area (Å²) < 4.78 is 0. The average Bonchev–Trinajstić information content (AvgIpc) is 3.50. The maximum absolute atomic E-state index is 4.97. The summed E-state index contributed by atoms with van der Waals surface area (Å²) in [6.45, 7) is 9.77. The third-order valence-electron chi connectivity index (χ3n) is 6.43. The van der Waals surface area contributed by atoms with Crippen LogP contribution in [-0.2, 0) is 6.42 Å². The van der Waals surface area contributed by atoms with E-state index < -0.39 is 0 Å². The van der Waals surface area contributed by atoms with Crippen molar-refractivity contribution in [3.63, 3.8) is 0 Å². The van der Waals surface area contributed by atoms with Crippen LogP contribution in [-0.4, -0.2) is 62.7 Å². The van der Waals surface area contributed by atoms with Gasteiger partial charge in [-0.3, -0.25) is 4.99 Å². The third-order valence-corrected chi connectivity index (χ3v) is 7.36. The normalized spacial score (nSPS) is 20.9. The number of piperidine rings is 1. The van der Waals surface area contributed by atoms with Crippen LogP contribution in [0.4, 0.5) is 5.00 Å². The minimum atomic E-state index is 0.514. The Hall–Kier alpha value is -2.05. The van der Waals surface area contributed by atoms with Crippen LogP contribution in [0.25, 0.3) is 0 Å². The molecule has 2 aromatic rings. The SMILES string of the molecule is CCNC(=NCC1CCN(CCc2ccccc2)C1)NC1CCN(c2cccs2)CC1. The zero-order valence-corrected chi connectivity index (χ0v) is 19.6. The van der Waals surface area contributed by atoms with Crippen LogP contribution in [0.15, 0.2) is 52.8 Å². The smallest absolute Gasteiger partial charge is 0.191 e. The van der Waals surface area contributed by atoms with Crippen molar-refractivity contribution >= 4 is 22.3 Å². The second kappa shape index (κ2) is 11.5. The Kier molecular flexibility index (Phi) is 8.24. The Morgan fingerprint density at radius 1 is 1.06 bits per heavy atom. The Labute approximate surface area is 191 Å². The van der Waals surface area contributed by atoms with Crippen molar-refractivity contribution in [3.8, 4) is 0 Å². The van der Waals surface area contributed by atoms with Crippen LogP contribution < -0.4 is 15.5 Å². The molecule has 0 saturated carbocycles. The van der Waals surface area contributed by atoms with Gasteiger partial charge in [0.25, 0.3) is 0 Å². The van der Waals surface area contributed by atoms with Gasteiger partial charge in [-0.15, -0.1) is 11.3 Å². The highest BCUT2D eigenvalue weighted by Gasteiger charge is 2.23. The quantitative estimate of drug-likeness (QED) is 0.485. The van der Waals surface area contributed by atoms with E-state index in [0.717, 1.165) is 45.1 Å². The number of guanidine groups is 1. The number of nitrogens with zero attached hydrogens (tertiary/aromatic N) is 3. The van der Waals surface area contributed by atoms with Gasteiger partial charge in [-0.25, -0.2) is 0 Å². The first-order chi connectivity index (χ1) is 15.3. The van der Waals surface area contributed by atoms with Crippen LogP contribution in [0, 0.1) is 5.92 Å². The summed E-state index contributed by atoms with van der Waals surface area (Å²) in [6.07, 6.45) is 4.74. The highest BCUT2D eigenvalue weighted by Crippen LogP contribution is 2.24. The topological polar surface area (TPSA) is 42.9 Å². The minimum Gasteiger partial charge on any atom is -0.363 e. The van der Waals surface area contributed by atoms with E-state index in [1.54, 1.807) is 0 Å². The van der Waals surface area contributed by atoms with Crippen molar-refractivity contribution < 1.29 is 0 Å². The van der Waals surface area contributed by atoms with Crippen LogP contribution >= 0.6 is 11.3 Å². The van der Waals surface area contributed by atoms with Crippen molar-refractivity contribution in [2.45, 2.75) is 38.6 Å². The van der Waals surface area contributed by atoms with Crippen LogP contribution in [0.2, 0.25) is 0 Å². The molecule has 0 bridgehead atoms. The lowest BCUT2D eigenvalue weighted by atomic mass is 10.1. The fourth-order valence-corrected chi connectivity index (χ4v) is 5.41. The Morgan fingerprint density at radius 2 is 1.90 bits per heavy atom. The summed E-state index contributed by atoms with van der Waals surface area (Å²) in [5.41, 5.74) is 1.44. The lowest BCUT2D eigenvalue weighted by Gasteiger charge is -2.33. The Balaban J connectivity index is 1.20. The number of benzene rings is 1. The highest BCUT2D eigenvalue weighted by molar-refractivity contribution is 7.14. The maximum atomic E-state index is 4.97. The van der Waals surface area contributed by atoms with Crippen LogP contribution in [0.1, 0.15) is 31.7 Å². The van der Waals surface area contributed by atoms with E-state index in [-0.39, 0.29) is 0 Å². The molecule has 1 unspecified atom stereocenters. The number of hydrogen-bond donors (Lipinski definition) is 2. The predicted molar refractivity (Wildman–Crippen MR) is 133 cm³/mol. The van der Waals surface area contributed by atoms with E-state index in [1.165, 1.54) is 42.9 Å². The lowest BCUT2D eigenvalue weighted by molar-refractivity contribution is 0.329. The van der Waals surface area contributed by atoms with E-state index >= 15 is 0 Å². The molecule has 0 aliphatic carbocycles. The number of likely N-dealkylation sites (tertiary alicyclic amines) is 1. The first kappa shape index (κ1) is 22.2. The van der Waals surface area contributed by atoms with Gasteiger partial charge in [0.05, 0.1) is 5.00 Å². The molecule has 0 spiro atoms. The van der Waals surface area contributed by atoms with Gasteiger partial charge in [0.1, 0.15) is 0 Å².